The Morgan fingerprint density at radius 1 is 0.829 bits per heavy atom. The van der Waals surface area contributed by atoms with Crippen molar-refractivity contribution in [3.8, 4) is 23.0 Å². The van der Waals surface area contributed by atoms with Crippen molar-refractivity contribution in [3.05, 3.63) is 71.3 Å². The number of nitrogens with one attached hydrogen (secondary N) is 1. The van der Waals surface area contributed by atoms with Gasteiger partial charge in [-0.2, -0.15) is 0 Å². The van der Waals surface area contributed by atoms with Crippen LogP contribution in [0.2, 0.25) is 0 Å². The van der Waals surface area contributed by atoms with Gasteiger partial charge in [0.05, 0.1) is 46.0 Å². The van der Waals surface area contributed by atoms with E-state index in [1.165, 1.54) is 47.7 Å². The molecule has 10 heteroatoms. The molecule has 35 heavy (non-hydrogen) atoms. The van der Waals surface area contributed by atoms with Crippen LogP contribution in [0.3, 0.4) is 0 Å². The molecule has 0 aliphatic carbocycles. The van der Waals surface area contributed by atoms with Crippen LogP contribution in [-0.2, 0) is 21.2 Å². The Balaban J connectivity index is 2.18. The zero-order valence-electron chi connectivity index (χ0n) is 20.1. The molecule has 0 aliphatic heterocycles. The monoisotopic (exact) mass is 501 g/mol. The molecule has 0 aromatic heterocycles. The van der Waals surface area contributed by atoms with Gasteiger partial charge in [-0.1, -0.05) is 30.3 Å². The minimum Gasteiger partial charge on any atom is -0.497 e. The van der Waals surface area contributed by atoms with E-state index in [4.69, 9.17) is 23.7 Å². The third kappa shape index (κ3) is 5.43. The van der Waals surface area contributed by atoms with E-state index in [0.29, 0.717) is 17.7 Å². The molecule has 0 atom stereocenters. The number of benzene rings is 3. The molecule has 0 amide bonds. The van der Waals surface area contributed by atoms with Crippen molar-refractivity contribution < 1.29 is 36.9 Å². The lowest BCUT2D eigenvalue weighted by atomic mass is 10.0. The lowest BCUT2D eigenvalue weighted by Gasteiger charge is -2.20. The van der Waals surface area contributed by atoms with Crippen molar-refractivity contribution in [2.24, 2.45) is 0 Å². The highest BCUT2D eigenvalue weighted by atomic mass is 32.2. The lowest BCUT2D eigenvalue weighted by Crippen LogP contribution is -2.19. The predicted molar refractivity (Wildman–Crippen MR) is 130 cm³/mol. The molecule has 0 saturated heterocycles. The second-order valence-corrected chi connectivity index (χ2v) is 8.95. The van der Waals surface area contributed by atoms with Gasteiger partial charge in [-0.25, -0.2) is 13.2 Å². The van der Waals surface area contributed by atoms with Gasteiger partial charge in [-0.05, 0) is 35.7 Å². The Hall–Kier alpha value is -3.92. The summed E-state index contributed by atoms with van der Waals surface area (Å²) in [5.41, 5.74) is 1.17. The molecule has 0 radical (unpaired) electrons. The highest BCUT2D eigenvalue weighted by Gasteiger charge is 2.29. The van der Waals surface area contributed by atoms with Crippen molar-refractivity contribution in [2.45, 2.75) is 11.3 Å². The van der Waals surface area contributed by atoms with E-state index in [9.17, 15) is 13.2 Å². The number of esters is 1. The average molecular weight is 502 g/mol. The summed E-state index contributed by atoms with van der Waals surface area (Å²) in [5, 5.41) is 0. The quantitative estimate of drug-likeness (QED) is 0.417. The fraction of sp³-hybridized carbons (Fsp3) is 0.240. The number of sulfonamides is 1. The number of methoxy groups -OCH3 is 5. The number of hydrogen-bond donors (Lipinski definition) is 1. The molecule has 0 heterocycles. The molecule has 0 unspecified atom stereocenters. The van der Waals surface area contributed by atoms with Gasteiger partial charge in [0, 0.05) is 6.07 Å². The van der Waals surface area contributed by atoms with E-state index in [0.717, 1.165) is 5.56 Å². The third-order valence-electron chi connectivity index (χ3n) is 5.27. The van der Waals surface area contributed by atoms with E-state index in [1.807, 2.05) is 30.3 Å². The molecule has 3 aromatic carbocycles. The first kappa shape index (κ1) is 25.7. The molecule has 186 valence electrons. The smallest absolute Gasteiger partial charge is 0.340 e. The number of hydrogen-bond acceptors (Lipinski definition) is 8. The lowest BCUT2D eigenvalue weighted by molar-refractivity contribution is 0.0601. The molecule has 0 fully saturated rings. The molecule has 3 aromatic rings. The maximum atomic E-state index is 13.7. The normalized spacial score (nSPS) is 10.9. The van der Waals surface area contributed by atoms with E-state index < -0.39 is 16.0 Å². The number of ether oxygens (including phenoxy) is 5. The zero-order chi connectivity index (χ0) is 25.6. The summed E-state index contributed by atoms with van der Waals surface area (Å²) in [5.74, 6) is -0.0366. The molecule has 9 nitrogen and oxygen atoms in total. The van der Waals surface area contributed by atoms with E-state index in [-0.39, 0.29) is 33.4 Å². The van der Waals surface area contributed by atoms with Crippen molar-refractivity contribution in [3.63, 3.8) is 0 Å². The third-order valence-corrected chi connectivity index (χ3v) is 6.72. The molecular formula is C25H27NO8S. The predicted octanol–water partition coefficient (Wildman–Crippen LogP) is 3.90. The number of rotatable bonds is 10. The minimum absolute atomic E-state index is 0.00908. The maximum absolute atomic E-state index is 13.7. The summed E-state index contributed by atoms with van der Waals surface area (Å²) in [6, 6.07) is 15.4. The number of carbonyl (C=O) groups excluding carboxylic acids is 1. The largest absolute Gasteiger partial charge is 0.497 e. The first-order valence-corrected chi connectivity index (χ1v) is 11.9. The molecule has 3 rings (SSSR count). The topological polar surface area (TPSA) is 109 Å². The van der Waals surface area contributed by atoms with E-state index in [1.54, 1.807) is 12.1 Å². The fourth-order valence-electron chi connectivity index (χ4n) is 3.62. The van der Waals surface area contributed by atoms with Gasteiger partial charge in [0.1, 0.15) is 11.4 Å². The van der Waals surface area contributed by atoms with E-state index >= 15 is 0 Å². The second-order valence-electron chi connectivity index (χ2n) is 7.30. The fourth-order valence-corrected chi connectivity index (χ4v) is 4.92. The van der Waals surface area contributed by atoms with Gasteiger partial charge >= 0.3 is 5.97 Å². The van der Waals surface area contributed by atoms with Crippen LogP contribution in [0.25, 0.3) is 0 Å². The first-order valence-electron chi connectivity index (χ1n) is 10.4. The Morgan fingerprint density at radius 3 is 2.09 bits per heavy atom. The summed E-state index contributed by atoms with van der Waals surface area (Å²) in [4.78, 5) is 12.6. The van der Waals surface area contributed by atoms with Crippen LogP contribution >= 0.6 is 0 Å². The minimum atomic E-state index is -4.22. The number of anilines is 1. The highest BCUT2D eigenvalue weighted by Crippen LogP contribution is 2.46. The van der Waals surface area contributed by atoms with Crippen LogP contribution < -0.4 is 23.7 Å². The summed E-state index contributed by atoms with van der Waals surface area (Å²) in [7, 11) is 2.55. The van der Waals surface area contributed by atoms with Crippen LogP contribution in [0.1, 0.15) is 21.5 Å². The molecule has 0 saturated carbocycles. The van der Waals surface area contributed by atoms with Crippen LogP contribution in [0.4, 0.5) is 5.69 Å². The SMILES string of the molecule is COC(=O)c1cc(OC)c(OC)c(OC)c1NS(=O)(=O)c1ccc(OC)cc1Cc1ccccc1. The summed E-state index contributed by atoms with van der Waals surface area (Å²) in [6.07, 6.45) is 0.335. The van der Waals surface area contributed by atoms with Crippen LogP contribution in [0.15, 0.2) is 59.5 Å². The van der Waals surface area contributed by atoms with Crippen molar-refractivity contribution in [2.75, 3.05) is 40.3 Å². The first-order chi connectivity index (χ1) is 16.8. The zero-order valence-corrected chi connectivity index (χ0v) is 20.9. The van der Waals surface area contributed by atoms with Crippen LogP contribution in [-0.4, -0.2) is 49.9 Å². The highest BCUT2D eigenvalue weighted by molar-refractivity contribution is 7.92. The molecule has 0 spiro atoms. The average Bonchev–Trinajstić information content (AvgIpc) is 2.87. The van der Waals surface area contributed by atoms with Crippen molar-refractivity contribution in [1.29, 1.82) is 0 Å². The Labute approximate surface area is 204 Å². The van der Waals surface area contributed by atoms with Crippen LogP contribution in [0, 0.1) is 0 Å². The Kier molecular flexibility index (Phi) is 8.08. The maximum Gasteiger partial charge on any atom is 0.340 e. The van der Waals surface area contributed by atoms with Gasteiger partial charge in [0.25, 0.3) is 10.0 Å². The van der Waals surface area contributed by atoms with Crippen molar-refractivity contribution >= 4 is 21.7 Å². The van der Waals surface area contributed by atoms with Crippen LogP contribution in [0.5, 0.6) is 23.0 Å². The van der Waals surface area contributed by atoms with Crippen molar-refractivity contribution in [1.82, 2.24) is 0 Å². The Morgan fingerprint density at radius 2 is 1.51 bits per heavy atom. The molecular weight excluding hydrogens is 474 g/mol. The van der Waals surface area contributed by atoms with Gasteiger partial charge in [-0.3, -0.25) is 4.72 Å². The molecule has 0 aliphatic rings. The van der Waals surface area contributed by atoms with Gasteiger partial charge in [-0.15, -0.1) is 0 Å². The number of carbonyl (C=O) groups is 1. The van der Waals surface area contributed by atoms with Gasteiger partial charge in [0.15, 0.2) is 11.5 Å². The summed E-state index contributed by atoms with van der Waals surface area (Å²) >= 11 is 0. The summed E-state index contributed by atoms with van der Waals surface area (Å²) < 4.78 is 56.1. The van der Waals surface area contributed by atoms with Gasteiger partial charge < -0.3 is 23.7 Å². The second kappa shape index (κ2) is 11.0. The molecule has 0 bridgehead atoms. The summed E-state index contributed by atoms with van der Waals surface area (Å²) in [6.45, 7) is 0. The molecule has 1 N–H and O–H groups in total. The standard InChI is InChI=1S/C25H27NO8S/c1-30-18-11-12-21(17(14-18)13-16-9-7-6-8-10-16)35(28,29)26-22-19(25(27)34-5)15-20(31-2)23(32-3)24(22)33-4/h6-12,14-15,26H,13H2,1-5H3. The Bertz CT molecular complexity index is 1310. The van der Waals surface area contributed by atoms with E-state index in [2.05, 4.69) is 4.72 Å². The van der Waals surface area contributed by atoms with Gasteiger partial charge in [0.2, 0.25) is 5.75 Å².